The zero-order valence-electron chi connectivity index (χ0n) is 17.2. The van der Waals surface area contributed by atoms with Gasteiger partial charge in [-0.15, -0.1) is 0 Å². The van der Waals surface area contributed by atoms with Crippen molar-refractivity contribution >= 4 is 20.6 Å². The molecule has 0 aromatic heterocycles. The zero-order valence-corrected chi connectivity index (χ0v) is 18.0. The Morgan fingerprint density at radius 3 is 2.68 bits per heavy atom. The number of unbranched alkanes of at least 4 members (excludes halogenated alkanes) is 2. The lowest BCUT2D eigenvalue weighted by Crippen LogP contribution is -2.64. The van der Waals surface area contributed by atoms with Crippen LogP contribution in [0.3, 0.4) is 0 Å². The number of nitrogens with two attached hydrogens (primary N) is 1. The summed E-state index contributed by atoms with van der Waals surface area (Å²) in [7, 11) is -3.36. The number of nitrogens with one attached hydrogen (secondary N) is 1. The van der Waals surface area contributed by atoms with Gasteiger partial charge in [0, 0.05) is 12.1 Å². The Bertz CT molecular complexity index is 891. The van der Waals surface area contributed by atoms with Gasteiger partial charge >= 0.3 is 0 Å². The molecule has 1 unspecified atom stereocenters. The largest absolute Gasteiger partial charge is 0.311 e. The predicted molar refractivity (Wildman–Crippen MR) is 118 cm³/mol. The number of hydrogen-bond donors (Lipinski definition) is 2. The van der Waals surface area contributed by atoms with Crippen molar-refractivity contribution in [2.75, 3.05) is 5.75 Å². The van der Waals surface area contributed by atoms with Gasteiger partial charge in [0.2, 0.25) is 0 Å². The first kappa shape index (κ1) is 21.3. The fourth-order valence-electron chi connectivity index (χ4n) is 4.52. The summed E-state index contributed by atoms with van der Waals surface area (Å²) in [4.78, 5) is -1.17. The van der Waals surface area contributed by atoms with Gasteiger partial charge in [0.1, 0.15) is 4.87 Å². The maximum atomic E-state index is 13.2. The van der Waals surface area contributed by atoms with Crippen molar-refractivity contribution in [3.8, 4) is 0 Å². The Balaban J connectivity index is 1.84. The molecule has 154 valence electrons. The van der Waals surface area contributed by atoms with Gasteiger partial charge < -0.3 is 11.1 Å². The van der Waals surface area contributed by atoms with E-state index in [1.165, 1.54) is 16.3 Å². The van der Waals surface area contributed by atoms with E-state index in [2.05, 4.69) is 49.5 Å². The molecule has 4 nitrogen and oxygen atoms in total. The lowest BCUT2D eigenvalue weighted by atomic mass is 9.89. The Hall–Kier alpha value is -1.43. The molecule has 0 aliphatic heterocycles. The molecule has 5 heteroatoms. The quantitative estimate of drug-likeness (QED) is 0.628. The summed E-state index contributed by atoms with van der Waals surface area (Å²) in [5.74, 6) is 0.193. The van der Waals surface area contributed by atoms with Crippen LogP contribution in [0.15, 0.2) is 42.5 Å². The van der Waals surface area contributed by atoms with Crippen LogP contribution >= 0.6 is 0 Å². The van der Waals surface area contributed by atoms with Gasteiger partial charge in [-0.1, -0.05) is 75.1 Å². The van der Waals surface area contributed by atoms with Gasteiger partial charge in [0.05, 0.1) is 5.75 Å². The van der Waals surface area contributed by atoms with E-state index in [-0.39, 0.29) is 17.8 Å². The summed E-state index contributed by atoms with van der Waals surface area (Å²) in [6.45, 7) is 4.20. The van der Waals surface area contributed by atoms with Crippen LogP contribution in [-0.4, -0.2) is 25.1 Å². The lowest BCUT2D eigenvalue weighted by molar-refractivity contribution is 0.269. The molecule has 0 radical (unpaired) electrons. The maximum absolute atomic E-state index is 13.2. The third kappa shape index (κ3) is 4.27. The SMILES string of the molecule is CCCCCS(=O)(=O)[C@@]1(N)CCCC[C@@H]1NC(C)c1cccc2ccccc12. The highest BCUT2D eigenvalue weighted by Crippen LogP contribution is 2.34. The number of sulfone groups is 1. The molecular weight excluding hydrogens is 368 g/mol. The average Bonchev–Trinajstić information content (AvgIpc) is 2.69. The number of hydrogen-bond acceptors (Lipinski definition) is 4. The summed E-state index contributed by atoms with van der Waals surface area (Å²) in [5.41, 5.74) is 7.84. The van der Waals surface area contributed by atoms with Crippen molar-refractivity contribution < 1.29 is 8.42 Å². The van der Waals surface area contributed by atoms with Crippen LogP contribution in [0.5, 0.6) is 0 Å². The third-order valence-electron chi connectivity index (χ3n) is 6.24. The van der Waals surface area contributed by atoms with Gasteiger partial charge in [-0.3, -0.25) is 0 Å². The highest BCUT2D eigenvalue weighted by molar-refractivity contribution is 7.92. The normalized spacial score (nSPS) is 24.3. The van der Waals surface area contributed by atoms with E-state index in [1.807, 2.05) is 12.1 Å². The van der Waals surface area contributed by atoms with Crippen LogP contribution in [-0.2, 0) is 9.84 Å². The first-order chi connectivity index (χ1) is 13.4. The van der Waals surface area contributed by atoms with E-state index in [9.17, 15) is 8.42 Å². The van der Waals surface area contributed by atoms with E-state index >= 15 is 0 Å². The van der Waals surface area contributed by atoms with Crippen molar-refractivity contribution in [2.24, 2.45) is 5.73 Å². The summed E-state index contributed by atoms with van der Waals surface area (Å²) < 4.78 is 26.3. The second-order valence-electron chi connectivity index (χ2n) is 8.24. The van der Waals surface area contributed by atoms with Crippen molar-refractivity contribution in [1.29, 1.82) is 0 Å². The average molecular weight is 403 g/mol. The highest BCUT2D eigenvalue weighted by Gasteiger charge is 2.47. The number of fused-ring (bicyclic) bond motifs is 1. The number of rotatable bonds is 8. The second kappa shape index (κ2) is 8.93. The Morgan fingerprint density at radius 2 is 1.89 bits per heavy atom. The molecule has 0 bridgehead atoms. The minimum Gasteiger partial charge on any atom is -0.311 e. The summed E-state index contributed by atoms with van der Waals surface area (Å²) in [5, 5.41) is 6.01. The van der Waals surface area contributed by atoms with E-state index in [4.69, 9.17) is 5.73 Å². The lowest BCUT2D eigenvalue weighted by Gasteiger charge is -2.42. The van der Waals surface area contributed by atoms with Crippen LogP contribution in [0.4, 0.5) is 0 Å². The van der Waals surface area contributed by atoms with Crippen LogP contribution in [0, 0.1) is 0 Å². The molecule has 1 fully saturated rings. The fourth-order valence-corrected chi connectivity index (χ4v) is 6.56. The van der Waals surface area contributed by atoms with Gasteiger partial charge in [0.25, 0.3) is 0 Å². The zero-order chi connectivity index (χ0) is 20.2. The Morgan fingerprint density at radius 1 is 1.14 bits per heavy atom. The van der Waals surface area contributed by atoms with E-state index < -0.39 is 14.7 Å². The van der Waals surface area contributed by atoms with Crippen LogP contribution in [0.2, 0.25) is 0 Å². The monoisotopic (exact) mass is 402 g/mol. The van der Waals surface area contributed by atoms with E-state index in [0.29, 0.717) is 12.8 Å². The summed E-state index contributed by atoms with van der Waals surface area (Å²) >= 11 is 0. The van der Waals surface area contributed by atoms with Crippen molar-refractivity contribution in [3.63, 3.8) is 0 Å². The summed E-state index contributed by atoms with van der Waals surface area (Å²) in [6.07, 6.45) is 5.88. The molecule has 0 amide bonds. The van der Waals surface area contributed by atoms with Gasteiger partial charge in [0.15, 0.2) is 9.84 Å². The number of benzene rings is 2. The first-order valence-corrected chi connectivity index (χ1v) is 12.3. The smallest absolute Gasteiger partial charge is 0.170 e. The molecule has 28 heavy (non-hydrogen) atoms. The molecular formula is C23H34N2O2S. The third-order valence-corrected chi connectivity index (χ3v) is 8.71. The maximum Gasteiger partial charge on any atom is 0.170 e. The van der Waals surface area contributed by atoms with E-state index in [0.717, 1.165) is 32.1 Å². The topological polar surface area (TPSA) is 72.2 Å². The molecule has 0 saturated heterocycles. The van der Waals surface area contributed by atoms with Crippen LogP contribution in [0.25, 0.3) is 10.8 Å². The predicted octanol–water partition coefficient (Wildman–Crippen LogP) is 4.69. The molecule has 3 rings (SSSR count). The molecule has 3 atom stereocenters. The molecule has 0 spiro atoms. The molecule has 2 aromatic carbocycles. The standard InChI is InChI=1S/C23H34N2O2S/c1-3-4-9-17-28(26,27)23(24)16-8-7-15-22(23)25-18(2)20-14-10-12-19-11-5-6-13-21(19)20/h5-6,10-14,18,22,25H,3-4,7-9,15-17,24H2,1-2H3/t18?,22-,23-/m0/s1. The van der Waals surface area contributed by atoms with Gasteiger partial charge in [-0.25, -0.2) is 8.42 Å². The van der Waals surface area contributed by atoms with Crippen LogP contribution < -0.4 is 11.1 Å². The van der Waals surface area contributed by atoms with Crippen molar-refractivity contribution in [1.82, 2.24) is 5.32 Å². The van der Waals surface area contributed by atoms with Crippen LogP contribution in [0.1, 0.15) is 70.4 Å². The second-order valence-corrected chi connectivity index (χ2v) is 10.6. The molecule has 2 aromatic rings. The van der Waals surface area contributed by atoms with E-state index in [1.54, 1.807) is 0 Å². The molecule has 1 aliphatic rings. The minimum absolute atomic E-state index is 0.0305. The molecule has 1 saturated carbocycles. The highest BCUT2D eigenvalue weighted by atomic mass is 32.2. The molecule has 0 heterocycles. The van der Waals surface area contributed by atoms with Crippen molar-refractivity contribution in [3.05, 3.63) is 48.0 Å². The first-order valence-electron chi connectivity index (χ1n) is 10.6. The fraction of sp³-hybridized carbons (Fsp3) is 0.565. The molecule has 1 aliphatic carbocycles. The van der Waals surface area contributed by atoms with Gasteiger partial charge in [-0.05, 0) is 42.5 Å². The van der Waals surface area contributed by atoms with Gasteiger partial charge in [-0.2, -0.15) is 0 Å². The van der Waals surface area contributed by atoms with Crippen molar-refractivity contribution in [2.45, 2.75) is 75.7 Å². The minimum atomic E-state index is -3.36. The Kier molecular flexibility index (Phi) is 6.79. The summed E-state index contributed by atoms with van der Waals surface area (Å²) in [6, 6.07) is 14.4. The molecule has 3 N–H and O–H groups in total. The Labute approximate surface area is 169 Å².